The Balaban J connectivity index is 3.21. The van der Waals surface area contributed by atoms with Gasteiger partial charge in [0.25, 0.3) is 0 Å². The van der Waals surface area contributed by atoms with Gasteiger partial charge >= 0.3 is 5.97 Å². The first-order valence-electron chi connectivity index (χ1n) is 11.4. The number of alkyl halides is 1. The minimum atomic E-state index is -0.110. The molecule has 0 rings (SSSR count). The summed E-state index contributed by atoms with van der Waals surface area (Å²) in [5.74, 6) is -0.0987. The lowest BCUT2D eigenvalue weighted by molar-refractivity contribution is -0.150. The molecular weight excluding hydrogens is 519 g/mol. The number of ether oxygens (including phenoxy) is 7. The molecule has 0 aliphatic carbocycles. The first-order valence-corrected chi connectivity index (χ1v) is 13.0. The van der Waals surface area contributed by atoms with Crippen LogP contribution in [0.4, 0.5) is 0 Å². The van der Waals surface area contributed by atoms with E-state index in [0.717, 1.165) is 36.7 Å². The van der Waals surface area contributed by atoms with E-state index in [0.29, 0.717) is 79.3 Å². The molecule has 0 radical (unpaired) electrons. The topological polar surface area (TPSA) is 81.7 Å². The summed E-state index contributed by atoms with van der Waals surface area (Å²) in [6.07, 6.45) is 3.88. The van der Waals surface area contributed by atoms with Gasteiger partial charge in [-0.05, 0) is 12.8 Å². The molecule has 1 atom stereocenters. The summed E-state index contributed by atoms with van der Waals surface area (Å²) in [7, 11) is 0. The molecule has 0 saturated heterocycles. The van der Waals surface area contributed by atoms with E-state index >= 15 is 0 Å². The smallest absolute Gasteiger partial charge is 0.308 e. The second-order valence-electron chi connectivity index (χ2n) is 6.78. The van der Waals surface area contributed by atoms with Crippen LogP contribution in [0.15, 0.2) is 0 Å². The molecule has 1 unspecified atom stereocenters. The Labute approximate surface area is 202 Å². The molecule has 0 aromatic heterocycles. The molecular formula is C22H43IO8. The van der Waals surface area contributed by atoms with E-state index in [1.165, 1.54) is 0 Å². The van der Waals surface area contributed by atoms with Crippen molar-refractivity contribution in [1.82, 2.24) is 0 Å². The molecule has 0 aromatic carbocycles. The van der Waals surface area contributed by atoms with E-state index in [4.69, 9.17) is 33.2 Å². The van der Waals surface area contributed by atoms with Crippen molar-refractivity contribution in [2.24, 2.45) is 5.92 Å². The number of halogens is 1. The second kappa shape index (κ2) is 26.2. The van der Waals surface area contributed by atoms with Crippen molar-refractivity contribution < 1.29 is 38.0 Å². The number of unbranched alkanes of at least 4 members (excludes halogenated alkanes) is 1. The van der Waals surface area contributed by atoms with Gasteiger partial charge in [-0.3, -0.25) is 4.79 Å². The summed E-state index contributed by atoms with van der Waals surface area (Å²) < 4.78 is 38.6. The molecule has 0 aliphatic rings. The zero-order valence-electron chi connectivity index (χ0n) is 19.4. The number of carbonyl (C=O) groups excluding carboxylic acids is 1. The monoisotopic (exact) mass is 562 g/mol. The predicted molar refractivity (Wildman–Crippen MR) is 128 cm³/mol. The van der Waals surface area contributed by atoms with Crippen molar-refractivity contribution in [3.8, 4) is 0 Å². The van der Waals surface area contributed by atoms with Crippen molar-refractivity contribution in [3.63, 3.8) is 0 Å². The molecule has 0 aromatic rings. The highest BCUT2D eigenvalue weighted by Gasteiger charge is 2.16. The fraction of sp³-hybridized carbons (Fsp3) is 0.955. The molecule has 0 aliphatic heterocycles. The largest absolute Gasteiger partial charge is 0.463 e. The van der Waals surface area contributed by atoms with Gasteiger partial charge in [-0.2, -0.15) is 0 Å². The molecule has 0 amide bonds. The lowest BCUT2D eigenvalue weighted by Gasteiger charge is -2.13. The minimum absolute atomic E-state index is 0.0113. The van der Waals surface area contributed by atoms with Crippen molar-refractivity contribution >= 4 is 28.6 Å². The highest BCUT2D eigenvalue weighted by atomic mass is 127. The molecule has 31 heavy (non-hydrogen) atoms. The van der Waals surface area contributed by atoms with Crippen LogP contribution in [-0.2, 0) is 38.0 Å². The highest BCUT2D eigenvalue weighted by Crippen LogP contribution is 2.14. The maximum Gasteiger partial charge on any atom is 0.308 e. The van der Waals surface area contributed by atoms with Crippen LogP contribution in [-0.4, -0.2) is 96.3 Å². The number of hydrogen-bond donors (Lipinski definition) is 0. The van der Waals surface area contributed by atoms with Gasteiger partial charge in [-0.15, -0.1) is 0 Å². The Kier molecular flexibility index (Phi) is 26.2. The summed E-state index contributed by atoms with van der Waals surface area (Å²) in [5.41, 5.74) is 0. The molecule has 0 fully saturated rings. The van der Waals surface area contributed by atoms with Gasteiger partial charge in [0.05, 0.1) is 85.2 Å². The first kappa shape index (κ1) is 31.0. The zero-order valence-corrected chi connectivity index (χ0v) is 21.6. The van der Waals surface area contributed by atoms with Crippen LogP contribution in [0.2, 0.25) is 0 Å². The molecule has 0 bridgehead atoms. The summed E-state index contributed by atoms with van der Waals surface area (Å²) in [4.78, 5) is 11.9. The SMILES string of the molecule is CCCCC(CC)C(=O)OCCOCCOCCOCCOCCOCCOCCI. The van der Waals surface area contributed by atoms with Crippen LogP contribution in [0.1, 0.15) is 39.5 Å². The minimum Gasteiger partial charge on any atom is -0.463 e. The molecule has 0 N–H and O–H groups in total. The van der Waals surface area contributed by atoms with E-state index in [2.05, 4.69) is 29.5 Å². The van der Waals surface area contributed by atoms with Crippen LogP contribution < -0.4 is 0 Å². The lowest BCUT2D eigenvalue weighted by Crippen LogP contribution is -2.20. The van der Waals surface area contributed by atoms with Crippen LogP contribution in [0.25, 0.3) is 0 Å². The number of esters is 1. The van der Waals surface area contributed by atoms with Crippen LogP contribution >= 0.6 is 22.6 Å². The predicted octanol–water partition coefficient (Wildman–Crippen LogP) is 3.28. The third-order valence-electron chi connectivity index (χ3n) is 4.29. The Morgan fingerprint density at radius 2 is 1.03 bits per heavy atom. The Morgan fingerprint density at radius 3 is 1.39 bits per heavy atom. The van der Waals surface area contributed by atoms with Crippen LogP contribution in [0, 0.1) is 5.92 Å². The zero-order chi connectivity index (χ0) is 22.8. The van der Waals surface area contributed by atoms with Gasteiger partial charge < -0.3 is 33.2 Å². The van der Waals surface area contributed by atoms with Gasteiger partial charge in [-0.1, -0.05) is 49.3 Å². The van der Waals surface area contributed by atoms with Gasteiger partial charge in [0.1, 0.15) is 6.61 Å². The standard InChI is InChI=1S/C22H43IO8/c1-3-5-6-21(4-2)22(24)31-20-19-30-18-17-29-16-15-28-14-13-27-12-11-26-10-9-25-8-7-23/h21H,3-20H2,1-2H3. The molecule has 0 spiro atoms. The third-order valence-corrected chi connectivity index (χ3v) is 4.73. The normalized spacial score (nSPS) is 12.2. The van der Waals surface area contributed by atoms with Crippen molar-refractivity contribution in [2.45, 2.75) is 39.5 Å². The highest BCUT2D eigenvalue weighted by molar-refractivity contribution is 14.1. The lowest BCUT2D eigenvalue weighted by atomic mass is 10.00. The summed E-state index contributed by atoms with van der Waals surface area (Å²) >= 11 is 2.28. The van der Waals surface area contributed by atoms with E-state index in [9.17, 15) is 4.79 Å². The quantitative estimate of drug-likeness (QED) is 0.0726. The van der Waals surface area contributed by atoms with Crippen LogP contribution in [0.5, 0.6) is 0 Å². The molecule has 9 heteroatoms. The summed E-state index contributed by atoms with van der Waals surface area (Å²) in [6.45, 7) is 11.0. The van der Waals surface area contributed by atoms with E-state index in [-0.39, 0.29) is 11.9 Å². The maximum atomic E-state index is 11.9. The maximum absolute atomic E-state index is 11.9. The van der Waals surface area contributed by atoms with Gasteiger partial charge in [0, 0.05) is 4.43 Å². The Morgan fingerprint density at radius 1 is 0.645 bits per heavy atom. The second-order valence-corrected chi connectivity index (χ2v) is 7.86. The molecule has 0 heterocycles. The molecule has 8 nitrogen and oxygen atoms in total. The van der Waals surface area contributed by atoms with Gasteiger partial charge in [0.2, 0.25) is 0 Å². The number of hydrogen-bond acceptors (Lipinski definition) is 8. The first-order chi connectivity index (χ1) is 15.3. The van der Waals surface area contributed by atoms with Gasteiger partial charge in [0.15, 0.2) is 0 Å². The summed E-state index contributed by atoms with van der Waals surface area (Å²) in [5, 5.41) is 0. The van der Waals surface area contributed by atoms with Gasteiger partial charge in [-0.25, -0.2) is 0 Å². The van der Waals surface area contributed by atoms with E-state index in [1.54, 1.807) is 0 Å². The molecule has 186 valence electrons. The summed E-state index contributed by atoms with van der Waals surface area (Å²) in [6, 6.07) is 0. The van der Waals surface area contributed by atoms with Crippen molar-refractivity contribution in [1.29, 1.82) is 0 Å². The average molecular weight is 562 g/mol. The average Bonchev–Trinajstić information content (AvgIpc) is 2.78. The van der Waals surface area contributed by atoms with E-state index in [1.807, 2.05) is 6.92 Å². The van der Waals surface area contributed by atoms with Crippen molar-refractivity contribution in [3.05, 3.63) is 0 Å². The van der Waals surface area contributed by atoms with Crippen molar-refractivity contribution in [2.75, 3.05) is 90.3 Å². The Hall–Kier alpha value is -0.0400. The number of rotatable bonds is 25. The Bertz CT molecular complexity index is 373. The number of carbonyl (C=O) groups is 1. The fourth-order valence-electron chi connectivity index (χ4n) is 2.51. The fourth-order valence-corrected chi connectivity index (χ4v) is 2.83. The van der Waals surface area contributed by atoms with Crippen LogP contribution in [0.3, 0.4) is 0 Å². The third kappa shape index (κ3) is 22.9. The van der Waals surface area contributed by atoms with E-state index < -0.39 is 0 Å². The molecule has 0 saturated carbocycles.